The topological polar surface area (TPSA) is 35.5 Å². The monoisotopic (exact) mass is 418 g/mol. The first kappa shape index (κ1) is 21.6. The van der Waals surface area contributed by atoms with Crippen LogP contribution in [0.3, 0.4) is 0 Å². The van der Waals surface area contributed by atoms with E-state index in [4.69, 9.17) is 0 Å². The summed E-state index contributed by atoms with van der Waals surface area (Å²) >= 11 is 3.06. The smallest absolute Gasteiger partial charge is 0.167 e. The highest BCUT2D eigenvalue weighted by Gasteiger charge is 2.29. The number of nitrogens with one attached hydrogen (secondary N) is 1. The molecule has 1 saturated heterocycles. The maximum atomic E-state index is 14.1. The zero-order valence-electron chi connectivity index (χ0n) is 11.8. The second-order valence-corrected chi connectivity index (χ2v) is 5.60. The molecule has 1 aliphatic rings. The summed E-state index contributed by atoms with van der Waals surface area (Å²) in [5.41, 5.74) is -0.00123. The Balaban J connectivity index is 0.00000220. The quantitative estimate of drug-likeness (QED) is 0.575. The number of hydrogen-bond acceptors (Lipinski definition) is 3. The van der Waals surface area contributed by atoms with Crippen molar-refractivity contribution in [2.75, 3.05) is 26.2 Å². The van der Waals surface area contributed by atoms with E-state index in [-0.39, 0.29) is 40.6 Å². The molecule has 2 rings (SSSR count). The van der Waals surface area contributed by atoms with Gasteiger partial charge in [-0.1, -0.05) is 6.08 Å². The first-order chi connectivity index (χ1) is 9.56. The van der Waals surface area contributed by atoms with Crippen molar-refractivity contribution < 1.29 is 13.9 Å². The minimum absolute atomic E-state index is 0. The number of aromatic hydroxyl groups is 1. The number of phenols is 1. The highest BCUT2D eigenvalue weighted by molar-refractivity contribution is 9.10. The lowest BCUT2D eigenvalue weighted by Gasteiger charge is -2.35. The summed E-state index contributed by atoms with van der Waals surface area (Å²) in [4.78, 5) is 2.03. The van der Waals surface area contributed by atoms with Crippen molar-refractivity contribution in [3.8, 4) is 5.75 Å². The molecular formula is C14H19BrCl2F2N2O. The van der Waals surface area contributed by atoms with E-state index in [2.05, 4.69) is 27.8 Å². The Kier molecular flexibility index (Phi) is 9.50. The van der Waals surface area contributed by atoms with Gasteiger partial charge in [0, 0.05) is 32.2 Å². The first-order valence-corrected chi connectivity index (χ1v) is 7.27. The van der Waals surface area contributed by atoms with Crippen LogP contribution in [0.15, 0.2) is 23.2 Å². The largest absolute Gasteiger partial charge is 0.506 e. The fraction of sp³-hybridized carbons (Fsp3) is 0.429. The molecule has 1 heterocycles. The number of rotatable bonds is 4. The molecule has 0 aromatic heterocycles. The zero-order valence-corrected chi connectivity index (χ0v) is 15.0. The Morgan fingerprint density at radius 1 is 1.36 bits per heavy atom. The van der Waals surface area contributed by atoms with Gasteiger partial charge in [-0.15, -0.1) is 31.4 Å². The maximum Gasteiger partial charge on any atom is 0.167 e. The Morgan fingerprint density at radius 3 is 2.50 bits per heavy atom. The van der Waals surface area contributed by atoms with Crippen LogP contribution >= 0.6 is 40.7 Å². The van der Waals surface area contributed by atoms with Gasteiger partial charge in [-0.2, -0.15) is 0 Å². The molecule has 126 valence electrons. The third-order valence-corrected chi connectivity index (χ3v) is 4.10. The van der Waals surface area contributed by atoms with Gasteiger partial charge < -0.3 is 10.4 Å². The molecule has 0 radical (unpaired) electrons. The molecule has 0 saturated carbocycles. The van der Waals surface area contributed by atoms with Gasteiger partial charge in [-0.05, 0) is 28.4 Å². The fourth-order valence-corrected chi connectivity index (χ4v) is 2.92. The summed E-state index contributed by atoms with van der Waals surface area (Å²) in [6.07, 6.45) is 2.10. The van der Waals surface area contributed by atoms with E-state index in [1.54, 1.807) is 6.08 Å². The molecular weight excluding hydrogens is 401 g/mol. The molecule has 2 N–H and O–H groups in total. The van der Waals surface area contributed by atoms with E-state index in [0.29, 0.717) is 19.5 Å². The molecule has 3 nitrogen and oxygen atoms in total. The second kappa shape index (κ2) is 9.67. The highest BCUT2D eigenvalue weighted by Crippen LogP contribution is 2.39. The van der Waals surface area contributed by atoms with Crippen molar-refractivity contribution in [3.63, 3.8) is 0 Å². The number of halogens is 5. The van der Waals surface area contributed by atoms with E-state index in [9.17, 15) is 13.9 Å². The van der Waals surface area contributed by atoms with Gasteiger partial charge in [0.15, 0.2) is 11.6 Å². The van der Waals surface area contributed by atoms with Gasteiger partial charge in [0.25, 0.3) is 0 Å². The Hall–Kier alpha value is -0.400. The highest BCUT2D eigenvalue weighted by atomic mass is 79.9. The third kappa shape index (κ3) is 4.55. The van der Waals surface area contributed by atoms with Gasteiger partial charge in [0.2, 0.25) is 0 Å². The lowest BCUT2D eigenvalue weighted by atomic mass is 9.99. The average Bonchev–Trinajstić information content (AvgIpc) is 2.45. The summed E-state index contributed by atoms with van der Waals surface area (Å²) in [5.74, 6) is -2.20. The Labute approximate surface area is 149 Å². The minimum atomic E-state index is -0.990. The van der Waals surface area contributed by atoms with Crippen molar-refractivity contribution in [2.24, 2.45) is 0 Å². The number of hydrogen-bond donors (Lipinski definition) is 2. The van der Waals surface area contributed by atoms with Crippen LogP contribution in [-0.4, -0.2) is 36.2 Å². The minimum Gasteiger partial charge on any atom is -0.506 e. The molecule has 1 fully saturated rings. The molecule has 22 heavy (non-hydrogen) atoms. The van der Waals surface area contributed by atoms with Crippen LogP contribution in [-0.2, 0) is 0 Å². The predicted octanol–water partition coefficient (Wildman–Crippen LogP) is 3.80. The van der Waals surface area contributed by atoms with Crippen LogP contribution in [0.2, 0.25) is 0 Å². The van der Waals surface area contributed by atoms with Gasteiger partial charge >= 0.3 is 0 Å². The van der Waals surface area contributed by atoms with Crippen LogP contribution in [0.1, 0.15) is 18.0 Å². The SMILES string of the molecule is C=CC[C@H](c1c(O)c(Br)cc(F)c1F)N1CCNCC1.Cl.Cl. The van der Waals surface area contributed by atoms with Crippen LogP contribution in [0.4, 0.5) is 8.78 Å². The van der Waals surface area contributed by atoms with Gasteiger partial charge in [0.1, 0.15) is 5.75 Å². The van der Waals surface area contributed by atoms with Crippen molar-refractivity contribution in [2.45, 2.75) is 12.5 Å². The molecule has 8 heteroatoms. The summed E-state index contributed by atoms with van der Waals surface area (Å²) in [7, 11) is 0. The summed E-state index contributed by atoms with van der Waals surface area (Å²) in [5, 5.41) is 13.3. The van der Waals surface area contributed by atoms with Crippen molar-refractivity contribution in [1.29, 1.82) is 0 Å². The average molecular weight is 420 g/mol. The molecule has 1 atom stereocenters. The normalized spacial score (nSPS) is 16.3. The summed E-state index contributed by atoms with van der Waals surface area (Å²) < 4.78 is 27.9. The van der Waals surface area contributed by atoms with E-state index >= 15 is 0 Å². The molecule has 0 bridgehead atoms. The van der Waals surface area contributed by atoms with Crippen LogP contribution < -0.4 is 5.32 Å². The van der Waals surface area contributed by atoms with Gasteiger partial charge in [-0.3, -0.25) is 4.90 Å². The van der Waals surface area contributed by atoms with Crippen molar-refractivity contribution in [3.05, 3.63) is 40.4 Å². The van der Waals surface area contributed by atoms with E-state index in [0.717, 1.165) is 19.2 Å². The van der Waals surface area contributed by atoms with Gasteiger partial charge in [0.05, 0.1) is 10.0 Å². The third-order valence-electron chi connectivity index (χ3n) is 3.50. The Bertz CT molecular complexity index is 488. The standard InChI is InChI=1S/C14H17BrF2N2O.2ClH/c1-2-3-11(19-6-4-18-5-7-19)12-13(17)10(16)8-9(15)14(12)20;;/h2,8,11,18,20H,1,3-7H2;2*1H/t11-;;/m1../s1. The fourth-order valence-electron chi connectivity index (χ4n) is 2.51. The van der Waals surface area contributed by atoms with E-state index in [1.165, 1.54) is 0 Å². The molecule has 0 spiro atoms. The molecule has 0 amide bonds. The molecule has 0 unspecified atom stereocenters. The van der Waals surface area contributed by atoms with E-state index in [1.807, 2.05) is 4.90 Å². The number of nitrogens with zero attached hydrogens (tertiary/aromatic N) is 1. The van der Waals surface area contributed by atoms with Crippen LogP contribution in [0.5, 0.6) is 5.75 Å². The van der Waals surface area contributed by atoms with Gasteiger partial charge in [-0.25, -0.2) is 8.78 Å². The maximum absolute atomic E-state index is 14.1. The second-order valence-electron chi connectivity index (χ2n) is 4.74. The van der Waals surface area contributed by atoms with Crippen molar-refractivity contribution in [1.82, 2.24) is 10.2 Å². The molecule has 0 aliphatic carbocycles. The number of piperazine rings is 1. The first-order valence-electron chi connectivity index (χ1n) is 6.48. The molecule has 1 aromatic carbocycles. The van der Waals surface area contributed by atoms with E-state index < -0.39 is 17.7 Å². The number of phenolic OH excluding ortho intramolecular Hbond substituents is 1. The summed E-state index contributed by atoms with van der Waals surface area (Å²) in [6, 6.07) is 0.526. The Morgan fingerprint density at radius 2 is 1.95 bits per heavy atom. The lowest BCUT2D eigenvalue weighted by molar-refractivity contribution is 0.167. The molecule has 1 aromatic rings. The molecule has 1 aliphatic heterocycles. The van der Waals surface area contributed by atoms with Crippen molar-refractivity contribution >= 4 is 40.7 Å². The van der Waals surface area contributed by atoms with Crippen LogP contribution in [0.25, 0.3) is 0 Å². The van der Waals surface area contributed by atoms with Crippen LogP contribution in [0, 0.1) is 11.6 Å². The number of benzene rings is 1. The predicted molar refractivity (Wildman–Crippen MR) is 92.2 cm³/mol. The summed E-state index contributed by atoms with van der Waals surface area (Å²) in [6.45, 7) is 6.67. The lowest BCUT2D eigenvalue weighted by Crippen LogP contribution is -2.45. The zero-order chi connectivity index (χ0) is 14.7.